The maximum atomic E-state index is 12.9. The number of nitrogens with one attached hydrogen (secondary N) is 2. The Balaban J connectivity index is 1.70. The molecule has 0 radical (unpaired) electrons. The van der Waals surface area contributed by atoms with Crippen LogP contribution in [0, 0.1) is 0 Å². The number of furan rings is 2. The average molecular weight is 395 g/mol. The molecule has 3 rings (SSSR count). The zero-order valence-corrected chi connectivity index (χ0v) is 16.5. The highest BCUT2D eigenvalue weighted by atomic mass is 16.3. The lowest BCUT2D eigenvalue weighted by molar-refractivity contribution is -0.123. The molecule has 29 heavy (non-hydrogen) atoms. The Bertz CT molecular complexity index is 890. The Morgan fingerprint density at radius 2 is 1.69 bits per heavy atom. The molecule has 0 fully saturated rings. The predicted molar refractivity (Wildman–Crippen MR) is 108 cm³/mol. The van der Waals surface area contributed by atoms with Gasteiger partial charge in [-0.1, -0.05) is 30.3 Å². The second-order valence-corrected chi connectivity index (χ2v) is 6.93. The number of nitrogens with zero attached hydrogens (tertiary/aromatic N) is 1. The second kappa shape index (κ2) is 9.75. The summed E-state index contributed by atoms with van der Waals surface area (Å²) in [6, 6.07) is 15.6. The number of rotatable bonds is 9. The summed E-state index contributed by atoms with van der Waals surface area (Å²) in [5.74, 6) is 0.223. The number of likely N-dealkylation sites (N-methyl/N-ethyl adjacent to an activating group) is 1. The summed E-state index contributed by atoms with van der Waals surface area (Å²) in [4.78, 5) is 27.3. The molecule has 3 aromatic rings. The Morgan fingerprint density at radius 1 is 0.966 bits per heavy atom. The van der Waals surface area contributed by atoms with E-state index in [2.05, 4.69) is 10.6 Å². The topological polar surface area (TPSA) is 87.7 Å². The van der Waals surface area contributed by atoms with Gasteiger partial charge in [-0.05, 0) is 43.9 Å². The van der Waals surface area contributed by atoms with E-state index < -0.39 is 11.9 Å². The quantitative estimate of drug-likeness (QED) is 0.582. The molecule has 0 spiro atoms. The van der Waals surface area contributed by atoms with Gasteiger partial charge in [-0.15, -0.1) is 0 Å². The monoisotopic (exact) mass is 395 g/mol. The maximum Gasteiger partial charge on any atom is 0.287 e. The van der Waals surface area contributed by atoms with E-state index in [1.54, 1.807) is 18.4 Å². The van der Waals surface area contributed by atoms with Crippen LogP contribution in [0.1, 0.15) is 27.9 Å². The molecule has 0 saturated heterocycles. The van der Waals surface area contributed by atoms with Gasteiger partial charge < -0.3 is 19.5 Å². The highest BCUT2D eigenvalue weighted by Crippen LogP contribution is 2.17. The molecule has 2 aromatic heterocycles. The molecule has 0 aliphatic rings. The lowest BCUT2D eigenvalue weighted by atomic mass is 10.0. The summed E-state index contributed by atoms with van der Waals surface area (Å²) in [6.45, 7) is 0.348. The number of hydrogen-bond donors (Lipinski definition) is 2. The van der Waals surface area contributed by atoms with Crippen LogP contribution in [0.2, 0.25) is 0 Å². The molecule has 2 amide bonds. The Hall–Kier alpha value is -3.32. The van der Waals surface area contributed by atoms with Crippen molar-refractivity contribution in [3.63, 3.8) is 0 Å². The fourth-order valence-corrected chi connectivity index (χ4v) is 3.04. The zero-order valence-electron chi connectivity index (χ0n) is 16.5. The first-order valence-electron chi connectivity index (χ1n) is 9.40. The van der Waals surface area contributed by atoms with E-state index >= 15 is 0 Å². The highest BCUT2D eigenvalue weighted by molar-refractivity contribution is 5.95. The molecule has 7 heteroatoms. The Kier molecular flexibility index (Phi) is 6.86. The van der Waals surface area contributed by atoms with E-state index in [0.717, 1.165) is 11.3 Å². The van der Waals surface area contributed by atoms with Crippen molar-refractivity contribution in [1.29, 1.82) is 0 Å². The number of hydrogen-bond acceptors (Lipinski definition) is 5. The summed E-state index contributed by atoms with van der Waals surface area (Å²) >= 11 is 0. The molecule has 2 heterocycles. The van der Waals surface area contributed by atoms with Crippen molar-refractivity contribution in [2.24, 2.45) is 0 Å². The van der Waals surface area contributed by atoms with Crippen molar-refractivity contribution in [3.8, 4) is 0 Å². The van der Waals surface area contributed by atoms with Crippen molar-refractivity contribution in [2.45, 2.75) is 18.5 Å². The van der Waals surface area contributed by atoms with Gasteiger partial charge in [0.25, 0.3) is 5.91 Å². The van der Waals surface area contributed by atoms with Gasteiger partial charge in [-0.2, -0.15) is 0 Å². The van der Waals surface area contributed by atoms with Gasteiger partial charge in [0.1, 0.15) is 11.8 Å². The third-order valence-corrected chi connectivity index (χ3v) is 4.61. The Labute approximate surface area is 169 Å². The molecule has 0 aliphatic carbocycles. The summed E-state index contributed by atoms with van der Waals surface area (Å²) in [5, 5.41) is 5.71. The second-order valence-electron chi connectivity index (χ2n) is 6.93. The van der Waals surface area contributed by atoms with E-state index in [0.29, 0.717) is 13.0 Å². The van der Waals surface area contributed by atoms with Crippen LogP contribution in [0.25, 0.3) is 0 Å². The van der Waals surface area contributed by atoms with Crippen LogP contribution in [0.4, 0.5) is 0 Å². The minimum Gasteiger partial charge on any atom is -0.468 e. The fourth-order valence-electron chi connectivity index (χ4n) is 3.04. The molecule has 1 aromatic carbocycles. The molecule has 7 nitrogen and oxygen atoms in total. The lowest BCUT2D eigenvalue weighted by Gasteiger charge is -2.24. The molecule has 0 unspecified atom stereocenters. The first-order chi connectivity index (χ1) is 14.0. The van der Waals surface area contributed by atoms with E-state index in [4.69, 9.17) is 8.83 Å². The number of benzene rings is 1. The SMILES string of the molecule is CN(C)[C@H](CNC(=O)[C@@H](Cc1ccccc1)NC(=O)c1ccco1)c1ccco1. The van der Waals surface area contributed by atoms with Crippen LogP contribution < -0.4 is 10.6 Å². The molecular weight excluding hydrogens is 370 g/mol. The van der Waals surface area contributed by atoms with Crippen molar-refractivity contribution < 1.29 is 18.4 Å². The molecule has 2 atom stereocenters. The Morgan fingerprint density at radius 3 is 2.31 bits per heavy atom. The summed E-state index contributed by atoms with van der Waals surface area (Å²) in [5.41, 5.74) is 0.947. The van der Waals surface area contributed by atoms with E-state index in [1.807, 2.05) is 61.5 Å². The standard InChI is InChI=1S/C22H25N3O4/c1-25(2)18(19-10-6-12-28-19)15-23-21(26)17(14-16-8-4-3-5-9-16)24-22(27)20-11-7-13-29-20/h3-13,17-18H,14-15H2,1-2H3,(H,23,26)(H,24,27)/t17-,18-/m1/s1. The average Bonchev–Trinajstić information content (AvgIpc) is 3.42. The minimum atomic E-state index is -0.741. The molecule has 0 saturated carbocycles. The van der Waals surface area contributed by atoms with Crippen molar-refractivity contribution in [2.75, 3.05) is 20.6 Å². The van der Waals surface area contributed by atoms with Crippen LogP contribution in [0.15, 0.2) is 76.0 Å². The smallest absolute Gasteiger partial charge is 0.287 e. The van der Waals surface area contributed by atoms with Gasteiger partial charge in [-0.25, -0.2) is 0 Å². The number of carbonyl (C=O) groups is 2. The largest absolute Gasteiger partial charge is 0.468 e. The van der Waals surface area contributed by atoms with Crippen LogP contribution >= 0.6 is 0 Å². The molecule has 2 N–H and O–H groups in total. The third-order valence-electron chi connectivity index (χ3n) is 4.61. The summed E-state index contributed by atoms with van der Waals surface area (Å²) in [7, 11) is 3.83. The van der Waals surface area contributed by atoms with Gasteiger partial charge in [0.05, 0.1) is 18.6 Å². The maximum absolute atomic E-state index is 12.9. The van der Waals surface area contributed by atoms with Gasteiger partial charge in [-0.3, -0.25) is 14.5 Å². The fraction of sp³-hybridized carbons (Fsp3) is 0.273. The summed E-state index contributed by atoms with van der Waals surface area (Å²) in [6.07, 6.45) is 3.40. The zero-order chi connectivity index (χ0) is 20.6. The van der Waals surface area contributed by atoms with Crippen LogP contribution in [0.5, 0.6) is 0 Å². The van der Waals surface area contributed by atoms with Crippen LogP contribution in [0.3, 0.4) is 0 Å². The molecule has 0 bridgehead atoms. The van der Waals surface area contributed by atoms with Crippen molar-refractivity contribution in [3.05, 3.63) is 84.2 Å². The normalized spacial score (nSPS) is 13.1. The van der Waals surface area contributed by atoms with Gasteiger partial charge in [0.2, 0.25) is 5.91 Å². The summed E-state index contributed by atoms with van der Waals surface area (Å²) < 4.78 is 10.6. The minimum absolute atomic E-state index is 0.118. The first-order valence-corrected chi connectivity index (χ1v) is 9.40. The van der Waals surface area contributed by atoms with E-state index in [9.17, 15) is 9.59 Å². The van der Waals surface area contributed by atoms with Gasteiger partial charge in [0.15, 0.2) is 5.76 Å². The first kappa shape index (κ1) is 20.4. The van der Waals surface area contributed by atoms with E-state index in [1.165, 1.54) is 6.26 Å². The van der Waals surface area contributed by atoms with E-state index in [-0.39, 0.29) is 17.7 Å². The van der Waals surface area contributed by atoms with Crippen LogP contribution in [-0.2, 0) is 11.2 Å². The molecule has 152 valence electrons. The van der Waals surface area contributed by atoms with Gasteiger partial charge in [0, 0.05) is 13.0 Å². The number of carbonyl (C=O) groups excluding carboxylic acids is 2. The molecule has 0 aliphatic heterocycles. The predicted octanol–water partition coefficient (Wildman–Crippen LogP) is 2.63. The van der Waals surface area contributed by atoms with Crippen molar-refractivity contribution >= 4 is 11.8 Å². The molecular formula is C22H25N3O4. The van der Waals surface area contributed by atoms with Crippen molar-refractivity contribution in [1.82, 2.24) is 15.5 Å². The highest BCUT2D eigenvalue weighted by Gasteiger charge is 2.25. The van der Waals surface area contributed by atoms with Crippen LogP contribution in [-0.4, -0.2) is 43.4 Å². The number of amides is 2. The lowest BCUT2D eigenvalue weighted by Crippen LogP contribution is -2.49. The third kappa shape index (κ3) is 5.58. The van der Waals surface area contributed by atoms with Gasteiger partial charge >= 0.3 is 0 Å².